The fraction of sp³-hybridized carbons (Fsp3) is 0.0769. The van der Waals surface area contributed by atoms with Crippen molar-refractivity contribution in [3.63, 3.8) is 0 Å². The lowest BCUT2D eigenvalue weighted by atomic mass is 10.2. The number of halogens is 1. The predicted octanol–water partition coefficient (Wildman–Crippen LogP) is 2.86. The van der Waals surface area contributed by atoms with E-state index in [2.05, 4.69) is 4.98 Å². The number of nitrogens with zero attached hydrogens (tertiary/aromatic N) is 3. The highest BCUT2D eigenvalue weighted by atomic mass is 19.1. The summed E-state index contributed by atoms with van der Waals surface area (Å²) in [5.41, 5.74) is 1.84. The molecule has 4 heteroatoms. The standard InChI is InChI=1S/C13H10FN3/c1-17(11-6-4-10(14)5-7-11)13-3-2-8-16-12(13)9-15/h2-8H,1H3. The SMILES string of the molecule is CN(c1ccc(F)cc1)c1cccnc1C#N. The van der Waals surface area contributed by atoms with E-state index in [1.165, 1.54) is 12.1 Å². The molecule has 0 bridgehead atoms. The normalized spacial score (nSPS) is 9.71. The Morgan fingerprint density at radius 2 is 1.94 bits per heavy atom. The molecular weight excluding hydrogens is 217 g/mol. The van der Waals surface area contributed by atoms with Crippen molar-refractivity contribution in [3.8, 4) is 6.07 Å². The molecule has 0 aliphatic heterocycles. The van der Waals surface area contributed by atoms with Crippen molar-refractivity contribution in [1.82, 2.24) is 4.98 Å². The maximum absolute atomic E-state index is 12.8. The highest BCUT2D eigenvalue weighted by molar-refractivity contribution is 5.66. The van der Waals surface area contributed by atoms with Crippen LogP contribution in [0.5, 0.6) is 0 Å². The Morgan fingerprint density at radius 3 is 2.59 bits per heavy atom. The van der Waals surface area contributed by atoms with Crippen LogP contribution in [0.2, 0.25) is 0 Å². The van der Waals surface area contributed by atoms with Gasteiger partial charge in [0.2, 0.25) is 0 Å². The van der Waals surface area contributed by atoms with Crippen LogP contribution in [0, 0.1) is 17.1 Å². The van der Waals surface area contributed by atoms with Crippen molar-refractivity contribution in [3.05, 3.63) is 54.1 Å². The summed E-state index contributed by atoms with van der Waals surface area (Å²) in [5, 5.41) is 8.96. The minimum absolute atomic E-state index is 0.283. The van der Waals surface area contributed by atoms with Crippen molar-refractivity contribution in [2.24, 2.45) is 0 Å². The molecule has 0 fully saturated rings. The van der Waals surface area contributed by atoms with E-state index in [1.54, 1.807) is 35.4 Å². The average molecular weight is 227 g/mol. The highest BCUT2D eigenvalue weighted by Gasteiger charge is 2.09. The Hall–Kier alpha value is -2.41. The van der Waals surface area contributed by atoms with Crippen LogP contribution in [0.4, 0.5) is 15.8 Å². The van der Waals surface area contributed by atoms with Gasteiger partial charge in [0.1, 0.15) is 11.9 Å². The fourth-order valence-electron chi connectivity index (χ4n) is 1.56. The van der Waals surface area contributed by atoms with Crippen LogP contribution < -0.4 is 4.90 Å². The van der Waals surface area contributed by atoms with E-state index >= 15 is 0 Å². The first-order valence-electron chi connectivity index (χ1n) is 5.07. The summed E-state index contributed by atoms with van der Waals surface area (Å²) in [6.07, 6.45) is 1.57. The predicted molar refractivity (Wildman–Crippen MR) is 63.4 cm³/mol. The minimum atomic E-state index is -0.283. The number of anilines is 2. The number of hydrogen-bond acceptors (Lipinski definition) is 3. The molecule has 0 aliphatic carbocycles. The molecule has 1 heterocycles. The fourth-order valence-corrected chi connectivity index (χ4v) is 1.56. The number of nitriles is 1. The molecule has 0 atom stereocenters. The van der Waals surface area contributed by atoms with E-state index in [9.17, 15) is 4.39 Å². The Bertz CT molecular complexity index is 558. The molecule has 0 unspecified atom stereocenters. The largest absolute Gasteiger partial charge is 0.342 e. The van der Waals surface area contributed by atoms with Crippen molar-refractivity contribution in [2.75, 3.05) is 11.9 Å². The van der Waals surface area contributed by atoms with Crippen LogP contribution in [0.1, 0.15) is 5.69 Å². The lowest BCUT2D eigenvalue weighted by Crippen LogP contribution is -2.11. The third kappa shape index (κ3) is 2.23. The summed E-state index contributed by atoms with van der Waals surface area (Å²) < 4.78 is 12.8. The summed E-state index contributed by atoms with van der Waals surface area (Å²) >= 11 is 0. The molecular formula is C13H10FN3. The van der Waals surface area contributed by atoms with Crippen LogP contribution in [-0.2, 0) is 0 Å². The zero-order valence-electron chi connectivity index (χ0n) is 9.26. The molecule has 0 radical (unpaired) electrons. The Balaban J connectivity index is 2.40. The molecule has 0 aliphatic rings. The van der Waals surface area contributed by atoms with Gasteiger partial charge in [0.05, 0.1) is 5.69 Å². The molecule has 2 rings (SSSR count). The van der Waals surface area contributed by atoms with Crippen molar-refractivity contribution < 1.29 is 4.39 Å². The Morgan fingerprint density at radius 1 is 1.24 bits per heavy atom. The van der Waals surface area contributed by atoms with Crippen LogP contribution >= 0.6 is 0 Å². The highest BCUT2D eigenvalue weighted by Crippen LogP contribution is 2.25. The Kier molecular flexibility index (Phi) is 3.01. The topological polar surface area (TPSA) is 39.9 Å². The summed E-state index contributed by atoms with van der Waals surface area (Å²) in [6.45, 7) is 0. The number of hydrogen-bond donors (Lipinski definition) is 0. The van der Waals surface area contributed by atoms with Crippen LogP contribution in [0.15, 0.2) is 42.6 Å². The first-order valence-corrected chi connectivity index (χ1v) is 5.07. The molecule has 0 saturated carbocycles. The summed E-state index contributed by atoms with van der Waals surface area (Å²) in [7, 11) is 1.81. The maximum Gasteiger partial charge on any atom is 0.164 e. The summed E-state index contributed by atoms with van der Waals surface area (Å²) in [4.78, 5) is 5.78. The zero-order chi connectivity index (χ0) is 12.3. The molecule has 0 spiro atoms. The van der Waals surface area contributed by atoms with E-state index in [0.717, 1.165) is 5.69 Å². The Labute approximate surface area is 98.8 Å². The van der Waals surface area contributed by atoms with Crippen LogP contribution in [0.3, 0.4) is 0 Å². The molecule has 84 valence electrons. The number of pyridine rings is 1. The average Bonchev–Trinajstić information content (AvgIpc) is 2.39. The zero-order valence-corrected chi connectivity index (χ0v) is 9.26. The molecule has 0 saturated heterocycles. The third-order valence-corrected chi connectivity index (χ3v) is 2.47. The van der Waals surface area contributed by atoms with E-state index in [0.29, 0.717) is 11.4 Å². The van der Waals surface area contributed by atoms with E-state index in [1.807, 2.05) is 13.1 Å². The smallest absolute Gasteiger partial charge is 0.164 e. The third-order valence-electron chi connectivity index (χ3n) is 2.47. The van der Waals surface area contributed by atoms with Gasteiger partial charge < -0.3 is 4.90 Å². The minimum Gasteiger partial charge on any atom is -0.342 e. The second-order valence-corrected chi connectivity index (χ2v) is 3.52. The first kappa shape index (κ1) is 11.1. The van der Waals surface area contributed by atoms with Gasteiger partial charge >= 0.3 is 0 Å². The van der Waals surface area contributed by atoms with E-state index in [-0.39, 0.29) is 5.82 Å². The lowest BCUT2D eigenvalue weighted by molar-refractivity contribution is 0.628. The number of rotatable bonds is 2. The lowest BCUT2D eigenvalue weighted by Gasteiger charge is -2.19. The molecule has 1 aromatic carbocycles. The van der Waals surface area contributed by atoms with E-state index < -0.39 is 0 Å². The van der Waals surface area contributed by atoms with Crippen molar-refractivity contribution in [1.29, 1.82) is 5.26 Å². The van der Waals surface area contributed by atoms with Gasteiger partial charge in [0.25, 0.3) is 0 Å². The van der Waals surface area contributed by atoms with Gasteiger partial charge in [0.15, 0.2) is 5.69 Å². The molecule has 17 heavy (non-hydrogen) atoms. The van der Waals surface area contributed by atoms with Gasteiger partial charge in [-0.2, -0.15) is 5.26 Å². The quantitative estimate of drug-likeness (QED) is 0.792. The molecule has 3 nitrogen and oxygen atoms in total. The van der Waals surface area contributed by atoms with Crippen LogP contribution in [-0.4, -0.2) is 12.0 Å². The monoisotopic (exact) mass is 227 g/mol. The van der Waals surface area contributed by atoms with Gasteiger partial charge in [-0.15, -0.1) is 0 Å². The number of benzene rings is 1. The molecule has 0 N–H and O–H groups in total. The molecule has 0 amide bonds. The van der Waals surface area contributed by atoms with Gasteiger partial charge in [0, 0.05) is 18.9 Å². The van der Waals surface area contributed by atoms with Gasteiger partial charge in [-0.25, -0.2) is 9.37 Å². The van der Waals surface area contributed by atoms with Gasteiger partial charge in [-0.1, -0.05) is 0 Å². The van der Waals surface area contributed by atoms with Gasteiger partial charge in [-0.3, -0.25) is 0 Å². The van der Waals surface area contributed by atoms with Gasteiger partial charge in [-0.05, 0) is 36.4 Å². The van der Waals surface area contributed by atoms with E-state index in [4.69, 9.17) is 5.26 Å². The maximum atomic E-state index is 12.8. The second-order valence-electron chi connectivity index (χ2n) is 3.52. The summed E-state index contributed by atoms with van der Waals surface area (Å²) in [5.74, 6) is -0.283. The van der Waals surface area contributed by atoms with Crippen molar-refractivity contribution in [2.45, 2.75) is 0 Å². The second kappa shape index (κ2) is 4.62. The van der Waals surface area contributed by atoms with Crippen molar-refractivity contribution >= 4 is 11.4 Å². The molecule has 2 aromatic rings. The summed E-state index contributed by atoms with van der Waals surface area (Å²) in [6, 6.07) is 11.7. The van der Waals surface area contributed by atoms with Crippen LogP contribution in [0.25, 0.3) is 0 Å². The molecule has 1 aromatic heterocycles. The number of aromatic nitrogens is 1. The first-order chi connectivity index (χ1) is 8.22.